The molecule has 1 aliphatic carbocycles. The Morgan fingerprint density at radius 3 is 3.20 bits per heavy atom. The van der Waals surface area contributed by atoms with Crippen molar-refractivity contribution in [1.29, 1.82) is 0 Å². The Labute approximate surface area is 59.9 Å². The van der Waals surface area contributed by atoms with Crippen LogP contribution in [-0.2, 0) is 9.53 Å². The van der Waals surface area contributed by atoms with E-state index in [1.807, 2.05) is 6.92 Å². The SMILES string of the molecule is CC1=CC[C@H]2CC(=O)O[C@H]12. The lowest BCUT2D eigenvalue weighted by Gasteiger charge is -2.08. The van der Waals surface area contributed by atoms with Crippen LogP contribution in [-0.4, -0.2) is 12.1 Å². The number of fused-ring (bicyclic) bond motifs is 1. The van der Waals surface area contributed by atoms with Crippen molar-refractivity contribution in [3.05, 3.63) is 11.6 Å². The highest BCUT2D eigenvalue weighted by Crippen LogP contribution is 2.35. The Kier molecular flexibility index (Phi) is 1.10. The molecule has 0 spiro atoms. The van der Waals surface area contributed by atoms with Crippen molar-refractivity contribution < 1.29 is 9.53 Å². The summed E-state index contributed by atoms with van der Waals surface area (Å²) in [6, 6.07) is 0. The van der Waals surface area contributed by atoms with Gasteiger partial charge in [0, 0.05) is 5.92 Å². The molecule has 0 radical (unpaired) electrons. The summed E-state index contributed by atoms with van der Waals surface area (Å²) >= 11 is 0. The topological polar surface area (TPSA) is 26.3 Å². The molecular formula is C8H10O2. The van der Waals surface area contributed by atoms with Crippen LogP contribution in [0.4, 0.5) is 0 Å². The Morgan fingerprint density at radius 1 is 1.70 bits per heavy atom. The maximum absolute atomic E-state index is 10.8. The molecule has 2 nitrogen and oxygen atoms in total. The monoisotopic (exact) mass is 138 g/mol. The van der Waals surface area contributed by atoms with Crippen LogP contribution in [0.2, 0.25) is 0 Å². The number of ether oxygens (including phenoxy) is 1. The first-order valence-electron chi connectivity index (χ1n) is 3.63. The van der Waals surface area contributed by atoms with Gasteiger partial charge in [0.1, 0.15) is 6.10 Å². The molecule has 0 bridgehead atoms. The molecule has 2 atom stereocenters. The number of carbonyl (C=O) groups excluding carboxylic acids is 1. The lowest BCUT2D eigenvalue weighted by Crippen LogP contribution is -2.10. The molecule has 1 heterocycles. The second kappa shape index (κ2) is 1.84. The van der Waals surface area contributed by atoms with Crippen molar-refractivity contribution in [3.8, 4) is 0 Å². The third kappa shape index (κ3) is 0.681. The van der Waals surface area contributed by atoms with Gasteiger partial charge in [-0.2, -0.15) is 0 Å². The average molecular weight is 138 g/mol. The van der Waals surface area contributed by atoms with Crippen molar-refractivity contribution in [2.75, 3.05) is 0 Å². The minimum Gasteiger partial charge on any atom is -0.458 e. The van der Waals surface area contributed by atoms with E-state index in [0.717, 1.165) is 6.42 Å². The molecule has 54 valence electrons. The third-order valence-electron chi connectivity index (χ3n) is 2.31. The molecule has 0 aromatic carbocycles. The molecule has 2 rings (SSSR count). The number of esters is 1. The minimum absolute atomic E-state index is 0.0255. The van der Waals surface area contributed by atoms with Gasteiger partial charge in [-0.05, 0) is 18.9 Å². The Hall–Kier alpha value is -0.790. The van der Waals surface area contributed by atoms with Gasteiger partial charge in [-0.1, -0.05) is 6.08 Å². The Morgan fingerprint density at radius 2 is 2.50 bits per heavy atom. The first kappa shape index (κ1) is 5.96. The average Bonchev–Trinajstić information content (AvgIpc) is 2.35. The van der Waals surface area contributed by atoms with Crippen LogP contribution < -0.4 is 0 Å². The molecule has 0 unspecified atom stereocenters. The highest BCUT2D eigenvalue weighted by atomic mass is 16.6. The fourth-order valence-corrected chi connectivity index (χ4v) is 1.73. The van der Waals surface area contributed by atoms with Crippen molar-refractivity contribution in [2.24, 2.45) is 5.92 Å². The highest BCUT2D eigenvalue weighted by Gasteiger charge is 2.38. The van der Waals surface area contributed by atoms with Gasteiger partial charge in [-0.15, -0.1) is 0 Å². The molecule has 0 saturated carbocycles. The van der Waals surface area contributed by atoms with E-state index in [1.54, 1.807) is 0 Å². The molecule has 1 aliphatic heterocycles. The van der Waals surface area contributed by atoms with E-state index in [4.69, 9.17) is 4.74 Å². The molecule has 0 aromatic rings. The van der Waals surface area contributed by atoms with Gasteiger partial charge in [-0.3, -0.25) is 4.79 Å². The normalized spacial score (nSPS) is 37.3. The van der Waals surface area contributed by atoms with Crippen LogP contribution in [0.15, 0.2) is 11.6 Å². The predicted molar refractivity (Wildman–Crippen MR) is 36.4 cm³/mol. The van der Waals surface area contributed by atoms with Gasteiger partial charge < -0.3 is 4.74 Å². The highest BCUT2D eigenvalue weighted by molar-refractivity contribution is 5.73. The quantitative estimate of drug-likeness (QED) is 0.372. The van der Waals surface area contributed by atoms with E-state index < -0.39 is 0 Å². The van der Waals surface area contributed by atoms with E-state index in [-0.39, 0.29) is 12.1 Å². The van der Waals surface area contributed by atoms with Crippen molar-refractivity contribution in [1.82, 2.24) is 0 Å². The van der Waals surface area contributed by atoms with Gasteiger partial charge in [0.05, 0.1) is 6.42 Å². The molecule has 2 aliphatic rings. The lowest BCUT2D eigenvalue weighted by molar-refractivity contribution is -0.140. The molecule has 1 fully saturated rings. The summed E-state index contributed by atoms with van der Waals surface area (Å²) in [4.78, 5) is 10.8. The second-order valence-electron chi connectivity index (χ2n) is 3.06. The van der Waals surface area contributed by atoms with E-state index in [2.05, 4.69) is 6.08 Å². The zero-order chi connectivity index (χ0) is 7.14. The van der Waals surface area contributed by atoms with Gasteiger partial charge in [0.25, 0.3) is 0 Å². The summed E-state index contributed by atoms with van der Waals surface area (Å²) < 4.78 is 5.09. The van der Waals surface area contributed by atoms with Crippen LogP contribution in [0.3, 0.4) is 0 Å². The maximum Gasteiger partial charge on any atom is 0.306 e. The van der Waals surface area contributed by atoms with Crippen LogP contribution in [0, 0.1) is 5.92 Å². The Balaban J connectivity index is 2.20. The zero-order valence-corrected chi connectivity index (χ0v) is 5.96. The van der Waals surface area contributed by atoms with Crippen molar-refractivity contribution >= 4 is 5.97 Å². The zero-order valence-electron chi connectivity index (χ0n) is 5.96. The molecule has 1 saturated heterocycles. The number of hydrogen-bond donors (Lipinski definition) is 0. The van der Waals surface area contributed by atoms with Crippen LogP contribution >= 0.6 is 0 Å². The molecule has 10 heavy (non-hydrogen) atoms. The summed E-state index contributed by atoms with van der Waals surface area (Å²) in [7, 11) is 0. The van der Waals surface area contributed by atoms with Gasteiger partial charge >= 0.3 is 5.97 Å². The first-order valence-corrected chi connectivity index (χ1v) is 3.63. The van der Waals surface area contributed by atoms with E-state index in [9.17, 15) is 4.79 Å². The first-order chi connectivity index (χ1) is 4.77. The summed E-state index contributed by atoms with van der Waals surface area (Å²) in [5.74, 6) is 0.440. The molecule has 0 aromatic heterocycles. The summed E-state index contributed by atoms with van der Waals surface area (Å²) in [6.07, 6.45) is 3.95. The van der Waals surface area contributed by atoms with E-state index in [1.165, 1.54) is 5.57 Å². The summed E-state index contributed by atoms with van der Waals surface area (Å²) in [5.41, 5.74) is 1.23. The van der Waals surface area contributed by atoms with Gasteiger partial charge in [0.2, 0.25) is 0 Å². The molecule has 2 heteroatoms. The number of rotatable bonds is 0. The lowest BCUT2D eigenvalue weighted by atomic mass is 10.0. The van der Waals surface area contributed by atoms with Crippen LogP contribution in [0.1, 0.15) is 19.8 Å². The Bertz CT molecular complexity index is 205. The molecular weight excluding hydrogens is 128 g/mol. The third-order valence-corrected chi connectivity index (χ3v) is 2.31. The summed E-state index contributed by atoms with van der Waals surface area (Å²) in [5, 5.41) is 0. The fourth-order valence-electron chi connectivity index (χ4n) is 1.73. The largest absolute Gasteiger partial charge is 0.458 e. The van der Waals surface area contributed by atoms with E-state index >= 15 is 0 Å². The molecule has 0 N–H and O–H groups in total. The van der Waals surface area contributed by atoms with Crippen LogP contribution in [0.25, 0.3) is 0 Å². The van der Waals surface area contributed by atoms with Crippen molar-refractivity contribution in [3.63, 3.8) is 0 Å². The standard InChI is InChI=1S/C8H10O2/c1-5-2-3-6-4-7(9)10-8(5)6/h2,6,8H,3-4H2,1H3/t6-,8+/m0/s1. The predicted octanol–water partition coefficient (Wildman–Crippen LogP) is 1.27. The van der Waals surface area contributed by atoms with E-state index in [0.29, 0.717) is 12.3 Å². The number of allylic oxidation sites excluding steroid dienone is 1. The fraction of sp³-hybridized carbons (Fsp3) is 0.625. The summed E-state index contributed by atoms with van der Waals surface area (Å²) in [6.45, 7) is 2.03. The number of carbonyl (C=O) groups is 1. The smallest absolute Gasteiger partial charge is 0.306 e. The number of hydrogen-bond acceptors (Lipinski definition) is 2. The maximum atomic E-state index is 10.8. The minimum atomic E-state index is -0.0255. The van der Waals surface area contributed by atoms with Crippen molar-refractivity contribution in [2.45, 2.75) is 25.9 Å². The van der Waals surface area contributed by atoms with Crippen LogP contribution in [0.5, 0.6) is 0 Å². The van der Waals surface area contributed by atoms with Gasteiger partial charge in [-0.25, -0.2) is 0 Å². The van der Waals surface area contributed by atoms with Gasteiger partial charge in [0.15, 0.2) is 0 Å². The second-order valence-corrected chi connectivity index (χ2v) is 3.06. The molecule has 0 amide bonds.